The third kappa shape index (κ3) is 3.24. The smallest absolute Gasteiger partial charge is 0.180 e. The number of nitrogens with one attached hydrogen (secondary N) is 1. The SMILES string of the molecule is CSC1CCC(NCc2cnco2)CC1. The van der Waals surface area contributed by atoms with Crippen molar-refractivity contribution in [3.05, 3.63) is 18.4 Å². The fraction of sp³-hybridized carbons (Fsp3) is 0.727. The Bertz CT molecular complexity index is 268. The molecule has 0 aliphatic heterocycles. The van der Waals surface area contributed by atoms with E-state index in [9.17, 15) is 0 Å². The molecule has 0 spiro atoms. The number of nitrogens with zero attached hydrogens (tertiary/aromatic N) is 1. The maximum atomic E-state index is 5.19. The first-order valence-electron chi connectivity index (χ1n) is 5.52. The van der Waals surface area contributed by atoms with Crippen LogP contribution in [0, 0.1) is 0 Å². The lowest BCUT2D eigenvalue weighted by atomic mass is 9.95. The van der Waals surface area contributed by atoms with E-state index in [1.165, 1.54) is 32.1 Å². The second-order valence-corrected chi connectivity index (χ2v) is 5.20. The van der Waals surface area contributed by atoms with Crippen molar-refractivity contribution in [2.24, 2.45) is 0 Å². The van der Waals surface area contributed by atoms with Crippen molar-refractivity contribution in [1.82, 2.24) is 10.3 Å². The van der Waals surface area contributed by atoms with Gasteiger partial charge in [-0.2, -0.15) is 11.8 Å². The molecule has 0 unspecified atom stereocenters. The Morgan fingerprint density at radius 3 is 2.87 bits per heavy atom. The van der Waals surface area contributed by atoms with Gasteiger partial charge in [-0.1, -0.05) is 0 Å². The van der Waals surface area contributed by atoms with Gasteiger partial charge in [-0.15, -0.1) is 0 Å². The van der Waals surface area contributed by atoms with E-state index in [1.807, 2.05) is 11.8 Å². The first-order chi connectivity index (χ1) is 7.38. The van der Waals surface area contributed by atoms with E-state index in [4.69, 9.17) is 4.42 Å². The summed E-state index contributed by atoms with van der Waals surface area (Å²) < 4.78 is 5.19. The van der Waals surface area contributed by atoms with Crippen LogP contribution in [-0.4, -0.2) is 22.5 Å². The van der Waals surface area contributed by atoms with Gasteiger partial charge < -0.3 is 9.73 Å². The third-order valence-electron chi connectivity index (χ3n) is 3.06. The van der Waals surface area contributed by atoms with E-state index >= 15 is 0 Å². The van der Waals surface area contributed by atoms with Crippen LogP contribution < -0.4 is 5.32 Å². The van der Waals surface area contributed by atoms with Gasteiger partial charge in [0.2, 0.25) is 0 Å². The zero-order valence-electron chi connectivity index (χ0n) is 9.11. The van der Waals surface area contributed by atoms with Gasteiger partial charge in [0.25, 0.3) is 0 Å². The molecule has 3 nitrogen and oxygen atoms in total. The fourth-order valence-electron chi connectivity index (χ4n) is 2.08. The Labute approximate surface area is 95.0 Å². The van der Waals surface area contributed by atoms with Crippen molar-refractivity contribution < 1.29 is 4.42 Å². The molecular formula is C11H18N2OS. The Kier molecular flexibility index (Phi) is 4.09. The van der Waals surface area contributed by atoms with E-state index < -0.39 is 0 Å². The lowest BCUT2D eigenvalue weighted by Crippen LogP contribution is -2.33. The van der Waals surface area contributed by atoms with Crippen LogP contribution in [0.25, 0.3) is 0 Å². The number of hydrogen-bond acceptors (Lipinski definition) is 4. The minimum Gasteiger partial charge on any atom is -0.447 e. The Hall–Kier alpha value is -0.480. The molecule has 1 fully saturated rings. The van der Waals surface area contributed by atoms with Crippen molar-refractivity contribution in [1.29, 1.82) is 0 Å². The molecule has 0 atom stereocenters. The monoisotopic (exact) mass is 226 g/mol. The molecule has 1 N–H and O–H groups in total. The maximum Gasteiger partial charge on any atom is 0.180 e. The summed E-state index contributed by atoms with van der Waals surface area (Å²) in [6.07, 6.45) is 10.7. The number of thioether (sulfide) groups is 1. The molecule has 0 radical (unpaired) electrons. The summed E-state index contributed by atoms with van der Waals surface area (Å²) in [4.78, 5) is 3.90. The zero-order valence-corrected chi connectivity index (χ0v) is 9.93. The van der Waals surface area contributed by atoms with Gasteiger partial charge in [0.05, 0.1) is 12.7 Å². The first-order valence-corrected chi connectivity index (χ1v) is 6.81. The van der Waals surface area contributed by atoms with E-state index in [0.29, 0.717) is 6.04 Å². The van der Waals surface area contributed by atoms with Crippen LogP contribution in [0.2, 0.25) is 0 Å². The Morgan fingerprint density at radius 1 is 1.47 bits per heavy atom. The Balaban J connectivity index is 1.69. The van der Waals surface area contributed by atoms with Crippen LogP contribution >= 0.6 is 11.8 Å². The lowest BCUT2D eigenvalue weighted by molar-refractivity contribution is 0.361. The molecule has 84 valence electrons. The van der Waals surface area contributed by atoms with E-state index in [2.05, 4.69) is 16.6 Å². The summed E-state index contributed by atoms with van der Waals surface area (Å²) in [7, 11) is 0. The molecule has 1 saturated carbocycles. The second-order valence-electron chi connectivity index (χ2n) is 4.06. The summed E-state index contributed by atoms with van der Waals surface area (Å²) in [5.41, 5.74) is 0. The highest BCUT2D eigenvalue weighted by Crippen LogP contribution is 2.26. The second kappa shape index (κ2) is 5.56. The van der Waals surface area contributed by atoms with E-state index in [-0.39, 0.29) is 0 Å². The molecule has 0 saturated heterocycles. The number of rotatable bonds is 4. The van der Waals surface area contributed by atoms with Gasteiger partial charge in [-0.25, -0.2) is 4.98 Å². The van der Waals surface area contributed by atoms with Crippen LogP contribution in [0.4, 0.5) is 0 Å². The number of aromatic nitrogens is 1. The highest BCUT2D eigenvalue weighted by atomic mass is 32.2. The molecule has 0 bridgehead atoms. The average molecular weight is 226 g/mol. The van der Waals surface area contributed by atoms with Crippen LogP contribution in [0.5, 0.6) is 0 Å². The molecule has 1 heterocycles. The largest absolute Gasteiger partial charge is 0.447 e. The zero-order chi connectivity index (χ0) is 10.5. The van der Waals surface area contributed by atoms with Crippen molar-refractivity contribution >= 4 is 11.8 Å². The summed E-state index contributed by atoms with van der Waals surface area (Å²) in [5.74, 6) is 0.932. The van der Waals surface area contributed by atoms with Gasteiger partial charge >= 0.3 is 0 Å². The molecule has 1 aromatic rings. The fourth-order valence-corrected chi connectivity index (χ4v) is 2.82. The maximum absolute atomic E-state index is 5.19. The van der Waals surface area contributed by atoms with Crippen LogP contribution in [0.3, 0.4) is 0 Å². The quantitative estimate of drug-likeness (QED) is 0.855. The molecule has 15 heavy (non-hydrogen) atoms. The molecule has 1 aromatic heterocycles. The molecular weight excluding hydrogens is 208 g/mol. The van der Waals surface area contributed by atoms with Gasteiger partial charge in [0, 0.05) is 11.3 Å². The third-order valence-corrected chi connectivity index (χ3v) is 4.19. The summed E-state index contributed by atoms with van der Waals surface area (Å²) in [5, 5.41) is 4.41. The summed E-state index contributed by atoms with van der Waals surface area (Å²) in [6, 6.07) is 0.665. The van der Waals surface area contributed by atoms with Gasteiger partial charge in [0.15, 0.2) is 6.39 Å². The van der Waals surface area contributed by atoms with Crippen molar-refractivity contribution in [3.8, 4) is 0 Å². The van der Waals surface area contributed by atoms with Crippen LogP contribution in [0.1, 0.15) is 31.4 Å². The van der Waals surface area contributed by atoms with Crippen LogP contribution in [-0.2, 0) is 6.54 Å². The van der Waals surface area contributed by atoms with Gasteiger partial charge in [0.1, 0.15) is 5.76 Å². The van der Waals surface area contributed by atoms with Crippen molar-refractivity contribution in [2.75, 3.05) is 6.26 Å². The predicted molar refractivity (Wildman–Crippen MR) is 62.9 cm³/mol. The summed E-state index contributed by atoms with van der Waals surface area (Å²) in [6.45, 7) is 0.814. The molecule has 1 aliphatic carbocycles. The minimum atomic E-state index is 0.665. The predicted octanol–water partition coefficient (Wildman–Crippen LogP) is 2.44. The number of hydrogen-bond donors (Lipinski definition) is 1. The minimum absolute atomic E-state index is 0.665. The van der Waals surface area contributed by atoms with Gasteiger partial charge in [-0.05, 0) is 31.9 Å². The van der Waals surface area contributed by atoms with E-state index in [1.54, 1.807) is 6.20 Å². The topological polar surface area (TPSA) is 38.1 Å². The normalized spacial score (nSPS) is 26.7. The van der Waals surface area contributed by atoms with Crippen molar-refractivity contribution in [3.63, 3.8) is 0 Å². The molecule has 2 rings (SSSR count). The summed E-state index contributed by atoms with van der Waals surface area (Å²) >= 11 is 2.01. The molecule has 0 amide bonds. The first kappa shape index (κ1) is 11.0. The standard InChI is InChI=1S/C11H18N2OS/c1-15-11-4-2-9(3-5-11)13-7-10-6-12-8-14-10/h6,8-9,11,13H,2-5,7H2,1H3. The highest BCUT2D eigenvalue weighted by Gasteiger charge is 2.19. The highest BCUT2D eigenvalue weighted by molar-refractivity contribution is 7.99. The molecule has 4 heteroatoms. The lowest BCUT2D eigenvalue weighted by Gasteiger charge is -2.27. The van der Waals surface area contributed by atoms with Crippen molar-refractivity contribution in [2.45, 2.75) is 43.5 Å². The molecule has 0 aromatic carbocycles. The average Bonchev–Trinajstić information content (AvgIpc) is 2.80. The molecule has 1 aliphatic rings. The van der Waals surface area contributed by atoms with E-state index in [0.717, 1.165) is 17.6 Å². The van der Waals surface area contributed by atoms with Gasteiger partial charge in [-0.3, -0.25) is 0 Å². The Morgan fingerprint density at radius 2 is 2.27 bits per heavy atom. The number of oxazole rings is 1. The van der Waals surface area contributed by atoms with Crippen LogP contribution in [0.15, 0.2) is 17.0 Å².